The van der Waals surface area contributed by atoms with Gasteiger partial charge in [-0.15, -0.1) is 0 Å². The molecular formula is C19H17NO4. The van der Waals surface area contributed by atoms with Crippen LogP contribution in [0.3, 0.4) is 0 Å². The first-order chi connectivity index (χ1) is 11.4. The minimum absolute atomic E-state index is 0.184. The molecule has 122 valence electrons. The van der Waals surface area contributed by atoms with E-state index in [1.165, 1.54) is 4.90 Å². The van der Waals surface area contributed by atoms with Gasteiger partial charge in [-0.2, -0.15) is 0 Å². The highest BCUT2D eigenvalue weighted by atomic mass is 16.6. The van der Waals surface area contributed by atoms with E-state index in [1.54, 1.807) is 38.4 Å². The van der Waals surface area contributed by atoms with Crippen LogP contribution in [0.4, 0.5) is 4.79 Å². The Morgan fingerprint density at radius 2 is 1.83 bits per heavy atom. The molecule has 1 heterocycles. The molecule has 0 saturated heterocycles. The predicted molar refractivity (Wildman–Crippen MR) is 90.3 cm³/mol. The number of nitrogens with zero attached hydrogens (tertiary/aromatic N) is 1. The lowest BCUT2D eigenvalue weighted by atomic mass is 10.1. The third-order valence-electron chi connectivity index (χ3n) is 3.59. The van der Waals surface area contributed by atoms with E-state index in [2.05, 4.69) is 0 Å². The van der Waals surface area contributed by atoms with Gasteiger partial charge in [-0.05, 0) is 30.7 Å². The zero-order valence-corrected chi connectivity index (χ0v) is 13.7. The van der Waals surface area contributed by atoms with Gasteiger partial charge in [0.25, 0.3) is 0 Å². The van der Waals surface area contributed by atoms with Gasteiger partial charge in [0, 0.05) is 20.2 Å². The van der Waals surface area contributed by atoms with Crippen LogP contribution in [0.15, 0.2) is 48.2 Å². The summed E-state index contributed by atoms with van der Waals surface area (Å²) in [6.07, 6.45) is 1.21. The summed E-state index contributed by atoms with van der Waals surface area (Å²) in [6.45, 7) is 2.00. The number of hydrogen-bond donors (Lipinski definition) is 0. The van der Waals surface area contributed by atoms with Crippen LogP contribution in [0.1, 0.15) is 21.5 Å². The molecular weight excluding hydrogens is 306 g/mol. The molecule has 5 nitrogen and oxygen atoms in total. The normalized spacial score (nSPS) is 14.3. The standard InChI is InChI=1S/C19H17NO4/c1-12-4-6-13(7-5-12)10-17-18(21)15-9-8-14(11-16(15)24-17)23-19(22)20(2)3/h4-11H,1-3H3/b17-10-. The largest absolute Gasteiger partial charge is 0.452 e. The second-order valence-corrected chi connectivity index (χ2v) is 5.77. The molecule has 2 aromatic carbocycles. The molecule has 0 N–H and O–H groups in total. The topological polar surface area (TPSA) is 55.8 Å². The minimum Gasteiger partial charge on any atom is -0.452 e. The fraction of sp³-hybridized carbons (Fsp3) is 0.158. The molecule has 0 unspecified atom stereocenters. The van der Waals surface area contributed by atoms with Gasteiger partial charge < -0.3 is 14.4 Å². The Morgan fingerprint density at radius 1 is 1.12 bits per heavy atom. The number of amides is 1. The molecule has 24 heavy (non-hydrogen) atoms. The van der Waals surface area contributed by atoms with Crippen molar-refractivity contribution in [1.82, 2.24) is 4.90 Å². The number of allylic oxidation sites excluding steroid dienone is 1. The summed E-state index contributed by atoms with van der Waals surface area (Å²) in [6, 6.07) is 12.5. The molecule has 3 rings (SSSR count). The Kier molecular flexibility index (Phi) is 4.08. The number of benzene rings is 2. The molecule has 0 aromatic heterocycles. The van der Waals surface area contributed by atoms with Crippen molar-refractivity contribution in [3.8, 4) is 11.5 Å². The van der Waals surface area contributed by atoms with Gasteiger partial charge in [-0.25, -0.2) is 4.79 Å². The first-order valence-corrected chi connectivity index (χ1v) is 7.48. The van der Waals surface area contributed by atoms with Crippen LogP contribution in [0.25, 0.3) is 6.08 Å². The van der Waals surface area contributed by atoms with E-state index in [1.807, 2.05) is 31.2 Å². The van der Waals surface area contributed by atoms with E-state index in [0.717, 1.165) is 11.1 Å². The van der Waals surface area contributed by atoms with Crippen molar-refractivity contribution in [1.29, 1.82) is 0 Å². The smallest absolute Gasteiger partial charge is 0.414 e. The van der Waals surface area contributed by atoms with Crippen LogP contribution in [0.2, 0.25) is 0 Å². The highest BCUT2D eigenvalue weighted by Crippen LogP contribution is 2.35. The third-order valence-corrected chi connectivity index (χ3v) is 3.59. The Morgan fingerprint density at radius 3 is 2.50 bits per heavy atom. The molecule has 0 bridgehead atoms. The Balaban J connectivity index is 1.84. The van der Waals surface area contributed by atoms with E-state index in [-0.39, 0.29) is 11.5 Å². The van der Waals surface area contributed by atoms with Gasteiger partial charge in [0.1, 0.15) is 11.5 Å². The maximum atomic E-state index is 12.4. The number of fused-ring (bicyclic) bond motifs is 1. The summed E-state index contributed by atoms with van der Waals surface area (Å²) in [7, 11) is 3.19. The number of ketones is 1. The van der Waals surface area contributed by atoms with Crippen molar-refractivity contribution in [3.05, 3.63) is 64.9 Å². The molecule has 5 heteroatoms. The Labute approximate surface area is 140 Å². The number of ether oxygens (including phenoxy) is 2. The van der Waals surface area contributed by atoms with Crippen LogP contribution < -0.4 is 9.47 Å². The van der Waals surface area contributed by atoms with E-state index < -0.39 is 6.09 Å². The van der Waals surface area contributed by atoms with E-state index >= 15 is 0 Å². The van der Waals surface area contributed by atoms with Crippen molar-refractivity contribution in [2.24, 2.45) is 0 Å². The average molecular weight is 323 g/mol. The minimum atomic E-state index is -0.491. The van der Waals surface area contributed by atoms with Gasteiger partial charge in [-0.1, -0.05) is 29.8 Å². The number of hydrogen-bond acceptors (Lipinski definition) is 4. The number of rotatable bonds is 2. The molecule has 1 amide bonds. The molecule has 0 saturated carbocycles. The molecule has 1 aliphatic heterocycles. The second kappa shape index (κ2) is 6.20. The Hall–Kier alpha value is -3.08. The lowest BCUT2D eigenvalue weighted by Crippen LogP contribution is -2.25. The predicted octanol–water partition coefficient (Wildman–Crippen LogP) is 3.67. The van der Waals surface area contributed by atoms with Crippen molar-refractivity contribution >= 4 is 18.0 Å². The number of Topliss-reactive ketones (excluding diaryl/α,β-unsaturated/α-hetero) is 1. The van der Waals surface area contributed by atoms with Crippen molar-refractivity contribution in [3.63, 3.8) is 0 Å². The highest BCUT2D eigenvalue weighted by molar-refractivity contribution is 6.14. The zero-order chi connectivity index (χ0) is 17.3. The average Bonchev–Trinajstić information content (AvgIpc) is 2.85. The first-order valence-electron chi connectivity index (χ1n) is 7.48. The summed E-state index contributed by atoms with van der Waals surface area (Å²) in [5.41, 5.74) is 2.49. The second-order valence-electron chi connectivity index (χ2n) is 5.77. The van der Waals surface area contributed by atoms with Crippen LogP contribution in [-0.4, -0.2) is 30.9 Å². The van der Waals surface area contributed by atoms with E-state index in [4.69, 9.17) is 9.47 Å². The fourth-order valence-electron chi connectivity index (χ4n) is 2.24. The fourth-order valence-corrected chi connectivity index (χ4v) is 2.24. The van der Waals surface area contributed by atoms with Crippen molar-refractivity contribution in [2.75, 3.05) is 14.1 Å². The maximum absolute atomic E-state index is 12.4. The monoisotopic (exact) mass is 323 g/mol. The van der Waals surface area contributed by atoms with Crippen molar-refractivity contribution in [2.45, 2.75) is 6.92 Å². The molecule has 2 aromatic rings. The maximum Gasteiger partial charge on any atom is 0.414 e. The lowest BCUT2D eigenvalue weighted by Gasteiger charge is -2.10. The summed E-state index contributed by atoms with van der Waals surface area (Å²) >= 11 is 0. The van der Waals surface area contributed by atoms with Gasteiger partial charge in [0.2, 0.25) is 5.78 Å². The third kappa shape index (κ3) is 3.15. The van der Waals surface area contributed by atoms with Crippen LogP contribution in [0, 0.1) is 6.92 Å². The number of aryl methyl sites for hydroxylation is 1. The van der Waals surface area contributed by atoms with Crippen LogP contribution in [0.5, 0.6) is 11.5 Å². The van der Waals surface area contributed by atoms with Gasteiger partial charge in [0.05, 0.1) is 5.56 Å². The quantitative estimate of drug-likeness (QED) is 0.791. The number of carbonyl (C=O) groups is 2. The molecule has 1 aliphatic rings. The first kappa shape index (κ1) is 15.8. The Bertz CT molecular complexity index is 835. The molecule has 0 atom stereocenters. The highest BCUT2D eigenvalue weighted by Gasteiger charge is 2.28. The van der Waals surface area contributed by atoms with Crippen LogP contribution in [-0.2, 0) is 0 Å². The van der Waals surface area contributed by atoms with Gasteiger partial charge in [-0.3, -0.25) is 4.79 Å². The van der Waals surface area contributed by atoms with E-state index in [9.17, 15) is 9.59 Å². The summed E-state index contributed by atoms with van der Waals surface area (Å²) < 4.78 is 10.8. The number of carbonyl (C=O) groups excluding carboxylic acids is 2. The van der Waals surface area contributed by atoms with E-state index in [0.29, 0.717) is 17.1 Å². The molecule has 0 radical (unpaired) electrons. The summed E-state index contributed by atoms with van der Waals surface area (Å²) in [5.74, 6) is 0.792. The molecule has 0 aliphatic carbocycles. The molecule has 0 spiro atoms. The van der Waals surface area contributed by atoms with Crippen LogP contribution >= 0.6 is 0 Å². The lowest BCUT2D eigenvalue weighted by molar-refractivity contribution is 0.101. The zero-order valence-electron chi connectivity index (χ0n) is 13.7. The summed E-state index contributed by atoms with van der Waals surface area (Å²) in [5, 5.41) is 0. The van der Waals surface area contributed by atoms with Crippen molar-refractivity contribution < 1.29 is 19.1 Å². The SMILES string of the molecule is Cc1ccc(/C=C2\Oc3cc(OC(=O)N(C)C)ccc3C2=O)cc1. The molecule has 0 fully saturated rings. The summed E-state index contributed by atoms with van der Waals surface area (Å²) in [4.78, 5) is 25.3. The van der Waals surface area contributed by atoms with Gasteiger partial charge in [0.15, 0.2) is 5.76 Å². The van der Waals surface area contributed by atoms with Gasteiger partial charge >= 0.3 is 6.09 Å².